The molecule has 19 heavy (non-hydrogen) atoms. The molecule has 106 valence electrons. The van der Waals surface area contributed by atoms with E-state index in [1.807, 2.05) is 0 Å². The van der Waals surface area contributed by atoms with Gasteiger partial charge in [-0.1, -0.05) is 18.5 Å². The molecule has 1 aromatic rings. The molecule has 4 nitrogen and oxygen atoms in total. The first-order valence-corrected chi connectivity index (χ1v) is 8.19. The monoisotopic (exact) mass is 303 g/mol. The van der Waals surface area contributed by atoms with Gasteiger partial charge in [-0.05, 0) is 48.4 Å². The van der Waals surface area contributed by atoms with Crippen LogP contribution < -0.4 is 4.72 Å². The highest BCUT2D eigenvalue weighted by molar-refractivity contribution is 7.89. The van der Waals surface area contributed by atoms with Gasteiger partial charge in [0.15, 0.2) is 0 Å². The summed E-state index contributed by atoms with van der Waals surface area (Å²) in [7, 11) is -3.53. The van der Waals surface area contributed by atoms with E-state index < -0.39 is 10.0 Å². The van der Waals surface area contributed by atoms with Crippen LogP contribution in [0.5, 0.6) is 0 Å². The molecule has 6 heteroatoms. The van der Waals surface area contributed by atoms with Gasteiger partial charge in [-0.25, -0.2) is 13.1 Å². The molecule has 0 aromatic heterocycles. The molecule has 1 aromatic carbocycles. The number of aliphatic hydroxyl groups is 1. The normalized spacial score (nSPS) is 17.4. The van der Waals surface area contributed by atoms with Crippen molar-refractivity contribution < 1.29 is 13.5 Å². The summed E-state index contributed by atoms with van der Waals surface area (Å²) in [5.74, 6) is 1.01. The lowest BCUT2D eigenvalue weighted by molar-refractivity contribution is 0.281. The maximum atomic E-state index is 12.1. The van der Waals surface area contributed by atoms with Crippen LogP contribution in [0.1, 0.15) is 25.3 Å². The third-order valence-electron chi connectivity index (χ3n) is 3.52. The Kier molecular flexibility index (Phi) is 4.50. The average molecular weight is 304 g/mol. The van der Waals surface area contributed by atoms with Crippen LogP contribution >= 0.6 is 11.6 Å². The SMILES string of the molecule is CC(CNS(=O)(=O)c1ccc(Cl)c(CO)c1)C1CC1. The van der Waals surface area contributed by atoms with Gasteiger partial charge in [-0.2, -0.15) is 0 Å². The van der Waals surface area contributed by atoms with Gasteiger partial charge >= 0.3 is 0 Å². The topological polar surface area (TPSA) is 66.4 Å². The third kappa shape index (κ3) is 3.69. The molecule has 0 amide bonds. The van der Waals surface area contributed by atoms with Gasteiger partial charge in [0, 0.05) is 11.6 Å². The predicted molar refractivity (Wildman–Crippen MR) is 74.5 cm³/mol. The number of aliphatic hydroxyl groups excluding tert-OH is 1. The van der Waals surface area contributed by atoms with E-state index in [9.17, 15) is 8.42 Å². The number of hydrogen-bond donors (Lipinski definition) is 2. The van der Waals surface area contributed by atoms with Crippen LogP contribution in [0.3, 0.4) is 0 Å². The number of hydrogen-bond acceptors (Lipinski definition) is 3. The van der Waals surface area contributed by atoms with E-state index in [1.165, 1.54) is 31.0 Å². The molecule has 0 heterocycles. The van der Waals surface area contributed by atoms with Crippen LogP contribution in [0.25, 0.3) is 0 Å². The summed E-state index contributed by atoms with van der Waals surface area (Å²) >= 11 is 5.85. The fraction of sp³-hybridized carbons (Fsp3) is 0.538. The van der Waals surface area contributed by atoms with Gasteiger partial charge in [0.1, 0.15) is 0 Å². The molecule has 1 fully saturated rings. The Labute approximate surface area is 118 Å². The van der Waals surface area contributed by atoms with Crippen LogP contribution in [-0.2, 0) is 16.6 Å². The zero-order chi connectivity index (χ0) is 14.0. The van der Waals surface area contributed by atoms with E-state index in [0.29, 0.717) is 29.0 Å². The summed E-state index contributed by atoms with van der Waals surface area (Å²) in [4.78, 5) is 0.143. The Bertz CT molecular complexity index is 555. The van der Waals surface area contributed by atoms with E-state index in [1.54, 1.807) is 0 Å². The minimum absolute atomic E-state index is 0.143. The summed E-state index contributed by atoms with van der Waals surface area (Å²) in [5, 5.41) is 9.48. The van der Waals surface area contributed by atoms with Gasteiger partial charge in [0.05, 0.1) is 11.5 Å². The standard InChI is InChI=1S/C13H18ClNO3S/c1-9(10-2-3-10)7-15-19(17,18)12-4-5-13(14)11(6-12)8-16/h4-6,9-10,15-16H,2-3,7-8H2,1H3. The largest absolute Gasteiger partial charge is 0.392 e. The van der Waals surface area contributed by atoms with Crippen molar-refractivity contribution in [3.05, 3.63) is 28.8 Å². The van der Waals surface area contributed by atoms with Crippen molar-refractivity contribution in [1.82, 2.24) is 4.72 Å². The maximum absolute atomic E-state index is 12.1. The molecule has 0 bridgehead atoms. The Morgan fingerprint density at radius 3 is 2.74 bits per heavy atom. The lowest BCUT2D eigenvalue weighted by atomic mass is 10.1. The Morgan fingerprint density at radius 1 is 1.47 bits per heavy atom. The first kappa shape index (κ1) is 14.8. The summed E-state index contributed by atoms with van der Waals surface area (Å²) in [6.45, 7) is 2.23. The molecular weight excluding hydrogens is 286 g/mol. The fourth-order valence-corrected chi connectivity index (χ4v) is 3.37. The Morgan fingerprint density at radius 2 is 2.16 bits per heavy atom. The van der Waals surface area contributed by atoms with E-state index in [2.05, 4.69) is 11.6 Å². The van der Waals surface area contributed by atoms with Crippen LogP contribution in [0.4, 0.5) is 0 Å². The Balaban J connectivity index is 2.09. The first-order valence-electron chi connectivity index (χ1n) is 6.33. The van der Waals surface area contributed by atoms with E-state index in [0.717, 1.165) is 0 Å². The smallest absolute Gasteiger partial charge is 0.240 e. The average Bonchev–Trinajstić information content (AvgIpc) is 3.20. The quantitative estimate of drug-likeness (QED) is 0.846. The molecular formula is C13H18ClNO3S. The predicted octanol–water partition coefficient (Wildman–Crippen LogP) is 2.16. The highest BCUT2D eigenvalue weighted by Gasteiger charge is 2.28. The molecule has 1 aliphatic carbocycles. The zero-order valence-corrected chi connectivity index (χ0v) is 12.3. The number of nitrogens with one attached hydrogen (secondary N) is 1. The van der Waals surface area contributed by atoms with Gasteiger partial charge in [-0.15, -0.1) is 0 Å². The molecule has 1 aliphatic rings. The molecule has 0 spiro atoms. The van der Waals surface area contributed by atoms with Crippen LogP contribution in [0.2, 0.25) is 5.02 Å². The van der Waals surface area contributed by atoms with E-state index >= 15 is 0 Å². The maximum Gasteiger partial charge on any atom is 0.240 e. The van der Waals surface area contributed by atoms with Crippen molar-refractivity contribution in [2.45, 2.75) is 31.3 Å². The molecule has 2 rings (SSSR count). The van der Waals surface area contributed by atoms with Crippen LogP contribution in [-0.4, -0.2) is 20.1 Å². The molecule has 0 saturated heterocycles. The number of sulfonamides is 1. The zero-order valence-electron chi connectivity index (χ0n) is 10.8. The lowest BCUT2D eigenvalue weighted by Gasteiger charge is -2.12. The highest BCUT2D eigenvalue weighted by atomic mass is 35.5. The molecule has 0 radical (unpaired) electrons. The van der Waals surface area contributed by atoms with E-state index in [-0.39, 0.29) is 11.5 Å². The highest BCUT2D eigenvalue weighted by Crippen LogP contribution is 2.36. The van der Waals surface area contributed by atoms with Crippen molar-refractivity contribution in [1.29, 1.82) is 0 Å². The third-order valence-corrected chi connectivity index (χ3v) is 5.31. The van der Waals surface area contributed by atoms with Gasteiger partial charge in [0.25, 0.3) is 0 Å². The van der Waals surface area contributed by atoms with Crippen molar-refractivity contribution in [3.8, 4) is 0 Å². The summed E-state index contributed by atoms with van der Waals surface area (Å²) in [5.41, 5.74) is 0.416. The Hall–Kier alpha value is -0.620. The fourth-order valence-electron chi connectivity index (χ4n) is 2.00. The van der Waals surface area contributed by atoms with Crippen LogP contribution in [0.15, 0.2) is 23.1 Å². The number of halogens is 1. The molecule has 1 unspecified atom stereocenters. The van der Waals surface area contributed by atoms with Gasteiger partial charge < -0.3 is 5.11 Å². The summed E-state index contributed by atoms with van der Waals surface area (Å²) < 4.78 is 26.9. The number of rotatable bonds is 6. The van der Waals surface area contributed by atoms with Crippen molar-refractivity contribution in [2.24, 2.45) is 11.8 Å². The second kappa shape index (κ2) is 5.79. The van der Waals surface area contributed by atoms with Crippen LogP contribution in [0, 0.1) is 11.8 Å². The molecule has 1 saturated carbocycles. The molecule has 2 N–H and O–H groups in total. The molecule has 0 aliphatic heterocycles. The summed E-state index contributed by atoms with van der Waals surface area (Å²) in [6.07, 6.45) is 2.39. The van der Waals surface area contributed by atoms with E-state index in [4.69, 9.17) is 16.7 Å². The number of benzene rings is 1. The first-order chi connectivity index (χ1) is 8.94. The molecule has 1 atom stereocenters. The summed E-state index contributed by atoms with van der Waals surface area (Å²) in [6, 6.07) is 4.35. The van der Waals surface area contributed by atoms with Crippen molar-refractivity contribution in [3.63, 3.8) is 0 Å². The lowest BCUT2D eigenvalue weighted by Crippen LogP contribution is -2.29. The minimum atomic E-state index is -3.53. The minimum Gasteiger partial charge on any atom is -0.392 e. The van der Waals surface area contributed by atoms with Crippen molar-refractivity contribution >= 4 is 21.6 Å². The second-order valence-corrected chi connectivity index (χ2v) is 7.25. The second-order valence-electron chi connectivity index (χ2n) is 5.08. The van der Waals surface area contributed by atoms with Gasteiger partial charge in [-0.3, -0.25) is 0 Å². The van der Waals surface area contributed by atoms with Gasteiger partial charge in [0.2, 0.25) is 10.0 Å². The van der Waals surface area contributed by atoms with Crippen molar-refractivity contribution in [2.75, 3.05) is 6.54 Å².